The van der Waals surface area contributed by atoms with Gasteiger partial charge in [-0.3, -0.25) is 14.4 Å². The molecule has 1 unspecified atom stereocenters. The number of carbonyl (C=O) groups excluding carboxylic acids is 3. The molecule has 0 N–H and O–H groups in total. The molecule has 0 spiro atoms. The van der Waals surface area contributed by atoms with Crippen LogP contribution in [-0.2, 0) is 28.6 Å². The van der Waals surface area contributed by atoms with Crippen LogP contribution < -0.4 is 0 Å². The van der Waals surface area contributed by atoms with Crippen LogP contribution in [0.3, 0.4) is 0 Å². The molecule has 0 aliphatic rings. The highest BCUT2D eigenvalue weighted by Crippen LogP contribution is 2.17. The van der Waals surface area contributed by atoms with E-state index in [1.165, 1.54) is 154 Å². The maximum Gasteiger partial charge on any atom is 0.306 e. The topological polar surface area (TPSA) is 78.9 Å². The normalized spacial score (nSPS) is 12.5. The zero-order valence-corrected chi connectivity index (χ0v) is 45.1. The molecule has 0 radical (unpaired) electrons. The maximum atomic E-state index is 12.9. The molecule has 0 fully saturated rings. The number of carbonyl (C=O) groups is 3. The Morgan fingerprint density at radius 1 is 0.309 bits per heavy atom. The van der Waals surface area contributed by atoms with Crippen LogP contribution in [0.4, 0.5) is 0 Å². The second kappa shape index (κ2) is 56.7. The van der Waals surface area contributed by atoms with E-state index in [9.17, 15) is 14.4 Å². The Bertz CT molecular complexity index is 1230. The third-order valence-corrected chi connectivity index (χ3v) is 12.8. The zero-order chi connectivity index (χ0) is 49.3. The lowest BCUT2D eigenvalue weighted by Gasteiger charge is -2.18. The number of hydrogen-bond donors (Lipinski definition) is 0. The van der Waals surface area contributed by atoms with Crippen LogP contribution in [0.25, 0.3) is 0 Å². The van der Waals surface area contributed by atoms with Crippen molar-refractivity contribution in [3.8, 4) is 0 Å². The van der Waals surface area contributed by atoms with Gasteiger partial charge >= 0.3 is 17.9 Å². The highest BCUT2D eigenvalue weighted by molar-refractivity contribution is 5.71. The molecule has 0 aromatic carbocycles. The Hall–Kier alpha value is -2.89. The second-order valence-corrected chi connectivity index (χ2v) is 19.5. The number of ether oxygens (including phenoxy) is 3. The largest absolute Gasteiger partial charge is 0.462 e. The molecule has 0 aliphatic heterocycles. The van der Waals surface area contributed by atoms with Gasteiger partial charge in [-0.05, 0) is 77.0 Å². The molecule has 0 saturated carbocycles. The van der Waals surface area contributed by atoms with E-state index in [-0.39, 0.29) is 31.1 Å². The van der Waals surface area contributed by atoms with Gasteiger partial charge in [-0.25, -0.2) is 0 Å². The molecule has 6 heteroatoms. The van der Waals surface area contributed by atoms with Gasteiger partial charge in [0.15, 0.2) is 6.10 Å². The van der Waals surface area contributed by atoms with E-state index in [0.717, 1.165) is 103 Å². The predicted octanol–water partition coefficient (Wildman–Crippen LogP) is 19.6. The minimum atomic E-state index is -0.783. The van der Waals surface area contributed by atoms with Crippen molar-refractivity contribution in [2.24, 2.45) is 0 Å². The summed E-state index contributed by atoms with van der Waals surface area (Å²) < 4.78 is 16.9. The van der Waals surface area contributed by atoms with E-state index in [1.807, 2.05) is 0 Å². The Morgan fingerprint density at radius 2 is 0.588 bits per heavy atom. The first-order valence-electron chi connectivity index (χ1n) is 29.3. The highest BCUT2D eigenvalue weighted by atomic mass is 16.6. The summed E-state index contributed by atoms with van der Waals surface area (Å²) in [6, 6.07) is 0. The van der Waals surface area contributed by atoms with Crippen LogP contribution in [-0.4, -0.2) is 37.2 Å². The van der Waals surface area contributed by atoms with Crippen molar-refractivity contribution in [1.29, 1.82) is 0 Å². The lowest BCUT2D eigenvalue weighted by Crippen LogP contribution is -2.30. The fourth-order valence-electron chi connectivity index (χ4n) is 8.36. The number of esters is 3. The van der Waals surface area contributed by atoms with E-state index in [4.69, 9.17) is 14.2 Å². The molecular weight excluding hydrogens is 841 g/mol. The van der Waals surface area contributed by atoms with Crippen LogP contribution in [0.2, 0.25) is 0 Å². The third kappa shape index (κ3) is 54.1. The van der Waals surface area contributed by atoms with Crippen molar-refractivity contribution in [3.63, 3.8) is 0 Å². The van der Waals surface area contributed by atoms with Crippen molar-refractivity contribution < 1.29 is 28.6 Å². The van der Waals surface area contributed by atoms with E-state index in [1.54, 1.807) is 0 Å². The molecule has 0 rings (SSSR count). The summed E-state index contributed by atoms with van der Waals surface area (Å²) in [6.45, 7) is 6.50. The second-order valence-electron chi connectivity index (χ2n) is 19.5. The average molecular weight is 952 g/mol. The van der Waals surface area contributed by atoms with E-state index in [0.29, 0.717) is 19.3 Å². The number of rotatable bonds is 53. The molecule has 68 heavy (non-hydrogen) atoms. The lowest BCUT2D eigenvalue weighted by atomic mass is 10.0. The number of hydrogen-bond acceptors (Lipinski definition) is 6. The van der Waals surface area contributed by atoms with Gasteiger partial charge in [0, 0.05) is 19.3 Å². The first-order chi connectivity index (χ1) is 33.5. The van der Waals surface area contributed by atoms with E-state index >= 15 is 0 Å². The molecule has 0 heterocycles. The summed E-state index contributed by atoms with van der Waals surface area (Å²) in [5.74, 6) is -0.892. The van der Waals surface area contributed by atoms with Gasteiger partial charge in [0.2, 0.25) is 0 Å². The van der Waals surface area contributed by atoms with E-state index in [2.05, 4.69) is 81.5 Å². The van der Waals surface area contributed by atoms with Crippen LogP contribution in [0.15, 0.2) is 60.8 Å². The number of allylic oxidation sites excluding steroid dienone is 10. The Kier molecular flexibility index (Phi) is 54.3. The Morgan fingerprint density at radius 3 is 0.956 bits per heavy atom. The van der Waals surface area contributed by atoms with Crippen molar-refractivity contribution in [1.82, 2.24) is 0 Å². The van der Waals surface area contributed by atoms with Crippen molar-refractivity contribution in [2.75, 3.05) is 13.2 Å². The van der Waals surface area contributed by atoms with Gasteiger partial charge in [-0.15, -0.1) is 0 Å². The molecule has 394 valence electrons. The molecule has 0 aromatic rings. The molecular formula is C62H110O6. The maximum absolute atomic E-state index is 12.9. The van der Waals surface area contributed by atoms with Crippen LogP contribution in [0.5, 0.6) is 0 Å². The average Bonchev–Trinajstić information content (AvgIpc) is 3.34. The van der Waals surface area contributed by atoms with Crippen molar-refractivity contribution in [3.05, 3.63) is 60.8 Å². The lowest BCUT2D eigenvalue weighted by molar-refractivity contribution is -0.167. The van der Waals surface area contributed by atoms with Gasteiger partial charge < -0.3 is 14.2 Å². The Balaban J connectivity index is 4.32. The first kappa shape index (κ1) is 65.1. The standard InChI is InChI=1S/C62H110O6/c1-4-7-10-13-16-19-22-24-26-28-30-32-33-35-37-40-43-46-49-52-55-61(64)67-58-59(57-66-60(63)54-51-48-45-42-39-21-18-15-12-9-6-3)68-62(65)56-53-50-47-44-41-38-36-34-31-29-27-25-23-20-17-14-11-8-5-2/h8,11,15,17-18,20,25,27,31,34,59H,4-7,9-10,12-14,16,19,21-24,26,28-30,32-33,35-58H2,1-3H3/b11-8-,18-15-,20-17-,27-25-,34-31-. The van der Waals surface area contributed by atoms with Gasteiger partial charge in [-0.1, -0.05) is 261 Å². The summed E-state index contributed by atoms with van der Waals surface area (Å²) in [7, 11) is 0. The zero-order valence-electron chi connectivity index (χ0n) is 45.1. The summed E-state index contributed by atoms with van der Waals surface area (Å²) in [5.41, 5.74) is 0. The summed E-state index contributed by atoms with van der Waals surface area (Å²) >= 11 is 0. The third-order valence-electron chi connectivity index (χ3n) is 12.8. The van der Waals surface area contributed by atoms with Crippen LogP contribution >= 0.6 is 0 Å². The summed E-state index contributed by atoms with van der Waals surface area (Å²) in [4.78, 5) is 38.1. The summed E-state index contributed by atoms with van der Waals surface area (Å²) in [6.07, 6.45) is 70.7. The molecule has 1 atom stereocenters. The monoisotopic (exact) mass is 951 g/mol. The summed E-state index contributed by atoms with van der Waals surface area (Å²) in [5, 5.41) is 0. The molecule has 0 saturated heterocycles. The van der Waals surface area contributed by atoms with Crippen molar-refractivity contribution in [2.45, 2.75) is 303 Å². The first-order valence-corrected chi connectivity index (χ1v) is 29.3. The fourth-order valence-corrected chi connectivity index (χ4v) is 8.36. The molecule has 0 aromatic heterocycles. The molecule has 0 amide bonds. The van der Waals surface area contributed by atoms with Crippen LogP contribution in [0.1, 0.15) is 297 Å². The Labute approximate surface area is 421 Å². The minimum absolute atomic E-state index is 0.0801. The quantitative estimate of drug-likeness (QED) is 0.0262. The van der Waals surface area contributed by atoms with Crippen LogP contribution in [0, 0.1) is 0 Å². The fraction of sp³-hybridized carbons (Fsp3) is 0.790. The highest BCUT2D eigenvalue weighted by Gasteiger charge is 2.19. The minimum Gasteiger partial charge on any atom is -0.462 e. The van der Waals surface area contributed by atoms with Gasteiger partial charge in [0.1, 0.15) is 13.2 Å². The smallest absolute Gasteiger partial charge is 0.306 e. The van der Waals surface area contributed by atoms with Gasteiger partial charge in [-0.2, -0.15) is 0 Å². The van der Waals surface area contributed by atoms with Crippen molar-refractivity contribution >= 4 is 17.9 Å². The molecule has 6 nitrogen and oxygen atoms in total. The molecule has 0 aliphatic carbocycles. The van der Waals surface area contributed by atoms with E-state index < -0.39 is 6.10 Å². The van der Waals surface area contributed by atoms with Gasteiger partial charge in [0.25, 0.3) is 0 Å². The van der Waals surface area contributed by atoms with Gasteiger partial charge in [0.05, 0.1) is 0 Å². The number of unbranched alkanes of at least 4 members (excludes halogenated alkanes) is 32. The molecule has 0 bridgehead atoms. The SMILES string of the molecule is CC/C=C\C/C=C\C/C=C\C/C=C\CCCCCCCCC(=O)OC(COC(=O)CCCCCCC/C=C\CCCC)COC(=O)CCCCCCCCCCCCCCCCCCCCCC. The predicted molar refractivity (Wildman–Crippen MR) is 293 cm³/mol.